The summed E-state index contributed by atoms with van der Waals surface area (Å²) in [6.45, 7) is 4.82. The highest BCUT2D eigenvalue weighted by Gasteiger charge is 2.27. The minimum atomic E-state index is -0.0391. The average Bonchev–Trinajstić information content (AvgIpc) is 2.43. The molecule has 0 aromatic carbocycles. The maximum Gasteiger partial charge on any atom is 0.242 e. The van der Waals surface area contributed by atoms with Crippen LogP contribution in [0.25, 0.3) is 0 Å². The van der Waals surface area contributed by atoms with E-state index in [2.05, 4.69) is 20.2 Å². The Hall–Kier alpha value is -1.85. The number of aromatic nitrogens is 2. The third kappa shape index (κ3) is 2.02. The average molecular weight is 236 g/mol. The summed E-state index contributed by atoms with van der Waals surface area (Å²) < 4.78 is 5.15. The Morgan fingerprint density at radius 1 is 1.59 bits per heavy atom. The highest BCUT2D eigenvalue weighted by atomic mass is 16.5. The van der Waals surface area contributed by atoms with Gasteiger partial charge in [0.2, 0.25) is 11.8 Å². The summed E-state index contributed by atoms with van der Waals surface area (Å²) in [6.07, 6.45) is 1.89. The Labute approximate surface area is 100 Å². The minimum absolute atomic E-state index is 0.0391. The van der Waals surface area contributed by atoms with Gasteiger partial charge in [0, 0.05) is 19.0 Å². The Morgan fingerprint density at radius 2 is 2.35 bits per heavy atom. The molecule has 1 aromatic heterocycles. The van der Waals surface area contributed by atoms with Crippen LogP contribution >= 0.6 is 0 Å². The highest BCUT2D eigenvalue weighted by Crippen LogP contribution is 2.34. The van der Waals surface area contributed by atoms with Crippen LogP contribution in [0.1, 0.15) is 20.3 Å². The number of anilines is 2. The quantitative estimate of drug-likeness (QED) is 0.831. The third-order valence-corrected chi connectivity index (χ3v) is 2.88. The second kappa shape index (κ2) is 4.57. The molecule has 0 radical (unpaired) electrons. The van der Waals surface area contributed by atoms with Crippen molar-refractivity contribution in [3.05, 3.63) is 6.33 Å². The van der Waals surface area contributed by atoms with Crippen molar-refractivity contribution in [2.75, 3.05) is 23.9 Å². The van der Waals surface area contributed by atoms with Crippen molar-refractivity contribution in [3.63, 3.8) is 0 Å². The molecule has 1 N–H and O–H groups in total. The first-order valence-corrected chi connectivity index (χ1v) is 5.62. The van der Waals surface area contributed by atoms with E-state index in [0.717, 1.165) is 12.4 Å². The second-order valence-corrected chi connectivity index (χ2v) is 3.97. The monoisotopic (exact) mass is 236 g/mol. The fourth-order valence-corrected chi connectivity index (χ4v) is 2.08. The second-order valence-electron chi connectivity index (χ2n) is 3.97. The van der Waals surface area contributed by atoms with Crippen LogP contribution in [-0.2, 0) is 4.79 Å². The van der Waals surface area contributed by atoms with Crippen molar-refractivity contribution < 1.29 is 9.53 Å². The molecule has 2 heterocycles. The zero-order valence-electron chi connectivity index (χ0n) is 10.2. The van der Waals surface area contributed by atoms with Crippen molar-refractivity contribution in [1.82, 2.24) is 9.97 Å². The van der Waals surface area contributed by atoms with Gasteiger partial charge in [0.1, 0.15) is 12.0 Å². The van der Waals surface area contributed by atoms with Crippen LogP contribution in [0, 0.1) is 0 Å². The Balaban J connectivity index is 2.54. The Kier molecular flexibility index (Phi) is 3.12. The number of carbonyl (C=O) groups is 1. The molecule has 1 aromatic rings. The maximum absolute atomic E-state index is 11.7. The normalized spacial score (nSPS) is 19.4. The van der Waals surface area contributed by atoms with E-state index in [1.807, 2.05) is 13.8 Å². The van der Waals surface area contributed by atoms with Crippen LogP contribution in [-0.4, -0.2) is 35.6 Å². The lowest BCUT2D eigenvalue weighted by atomic mass is 10.2. The fourth-order valence-electron chi connectivity index (χ4n) is 2.08. The lowest BCUT2D eigenvalue weighted by Gasteiger charge is -2.27. The number of ether oxygens (including phenoxy) is 1. The first-order valence-electron chi connectivity index (χ1n) is 5.62. The van der Waals surface area contributed by atoms with Gasteiger partial charge in [-0.05, 0) is 13.8 Å². The van der Waals surface area contributed by atoms with Crippen molar-refractivity contribution in [3.8, 4) is 5.88 Å². The number of methoxy groups -OCH3 is 1. The number of amides is 1. The molecule has 1 atom stereocenters. The lowest BCUT2D eigenvalue weighted by Crippen LogP contribution is -2.33. The number of fused-ring (bicyclic) bond motifs is 1. The standard InChI is InChI=1S/C11H16N4O2/c1-4-15-7(2)5-8(16)14-9-10(15)12-6-13-11(9)17-3/h6-7H,4-5H2,1-3H3,(H,14,16). The van der Waals surface area contributed by atoms with Gasteiger partial charge in [-0.1, -0.05) is 0 Å². The molecule has 1 amide bonds. The minimum Gasteiger partial charge on any atom is -0.479 e. The summed E-state index contributed by atoms with van der Waals surface area (Å²) >= 11 is 0. The SMILES string of the molecule is CCN1c2ncnc(OC)c2NC(=O)CC1C. The number of hydrogen-bond acceptors (Lipinski definition) is 5. The summed E-state index contributed by atoms with van der Waals surface area (Å²) in [5, 5.41) is 2.81. The zero-order chi connectivity index (χ0) is 12.4. The summed E-state index contributed by atoms with van der Waals surface area (Å²) in [6, 6.07) is 0.112. The summed E-state index contributed by atoms with van der Waals surface area (Å²) in [5.74, 6) is 1.08. The molecule has 17 heavy (non-hydrogen) atoms. The van der Waals surface area contributed by atoms with Crippen molar-refractivity contribution in [1.29, 1.82) is 0 Å². The smallest absolute Gasteiger partial charge is 0.242 e. The Morgan fingerprint density at radius 3 is 3.00 bits per heavy atom. The summed E-state index contributed by atoms with van der Waals surface area (Å²) in [7, 11) is 1.53. The predicted molar refractivity (Wildman–Crippen MR) is 64.3 cm³/mol. The van der Waals surface area contributed by atoms with Crippen LogP contribution in [0.5, 0.6) is 5.88 Å². The number of carbonyl (C=O) groups excluding carboxylic acids is 1. The predicted octanol–water partition coefficient (Wildman–Crippen LogP) is 1.04. The molecular formula is C11H16N4O2. The van der Waals surface area contributed by atoms with Gasteiger partial charge in [0.25, 0.3) is 0 Å². The molecule has 1 aliphatic heterocycles. The van der Waals surface area contributed by atoms with E-state index in [4.69, 9.17) is 4.74 Å². The molecule has 92 valence electrons. The first-order chi connectivity index (χ1) is 8.17. The molecule has 1 aliphatic rings. The van der Waals surface area contributed by atoms with E-state index in [9.17, 15) is 4.79 Å². The van der Waals surface area contributed by atoms with Gasteiger partial charge in [0.15, 0.2) is 5.82 Å². The van der Waals surface area contributed by atoms with Gasteiger partial charge in [0.05, 0.1) is 7.11 Å². The van der Waals surface area contributed by atoms with E-state index in [0.29, 0.717) is 18.0 Å². The van der Waals surface area contributed by atoms with E-state index >= 15 is 0 Å². The highest BCUT2D eigenvalue weighted by molar-refractivity contribution is 5.97. The number of rotatable bonds is 2. The topological polar surface area (TPSA) is 67.3 Å². The van der Waals surface area contributed by atoms with Crippen LogP contribution in [0.4, 0.5) is 11.5 Å². The van der Waals surface area contributed by atoms with Gasteiger partial charge in [-0.2, -0.15) is 4.98 Å². The largest absolute Gasteiger partial charge is 0.479 e. The molecule has 6 nitrogen and oxygen atoms in total. The molecule has 0 saturated carbocycles. The molecular weight excluding hydrogens is 220 g/mol. The molecule has 0 saturated heterocycles. The van der Waals surface area contributed by atoms with Crippen LogP contribution < -0.4 is 15.0 Å². The third-order valence-electron chi connectivity index (χ3n) is 2.88. The van der Waals surface area contributed by atoms with Crippen LogP contribution in [0.3, 0.4) is 0 Å². The van der Waals surface area contributed by atoms with E-state index in [1.54, 1.807) is 0 Å². The number of nitrogens with one attached hydrogen (secondary N) is 1. The Bertz CT molecular complexity index is 435. The molecule has 0 fully saturated rings. The molecule has 6 heteroatoms. The lowest BCUT2D eigenvalue weighted by molar-refractivity contribution is -0.116. The van der Waals surface area contributed by atoms with Gasteiger partial charge >= 0.3 is 0 Å². The van der Waals surface area contributed by atoms with Gasteiger partial charge in [-0.25, -0.2) is 4.98 Å². The van der Waals surface area contributed by atoms with E-state index in [-0.39, 0.29) is 11.9 Å². The van der Waals surface area contributed by atoms with Crippen molar-refractivity contribution >= 4 is 17.4 Å². The first kappa shape index (κ1) is 11.6. The molecule has 2 rings (SSSR count). The number of nitrogens with zero attached hydrogens (tertiary/aromatic N) is 3. The van der Waals surface area contributed by atoms with Gasteiger partial charge in [-0.15, -0.1) is 0 Å². The zero-order valence-corrected chi connectivity index (χ0v) is 10.2. The van der Waals surface area contributed by atoms with Crippen molar-refractivity contribution in [2.45, 2.75) is 26.3 Å². The van der Waals surface area contributed by atoms with Gasteiger partial charge in [-0.3, -0.25) is 4.79 Å². The summed E-state index contributed by atoms with van der Waals surface area (Å²) in [5.41, 5.74) is 0.561. The fraction of sp³-hybridized carbons (Fsp3) is 0.545. The van der Waals surface area contributed by atoms with E-state index in [1.165, 1.54) is 13.4 Å². The molecule has 0 spiro atoms. The van der Waals surface area contributed by atoms with Gasteiger partial charge < -0.3 is 15.0 Å². The van der Waals surface area contributed by atoms with Crippen LogP contribution in [0.15, 0.2) is 6.33 Å². The molecule has 1 unspecified atom stereocenters. The molecule has 0 bridgehead atoms. The maximum atomic E-state index is 11.7. The molecule has 0 aliphatic carbocycles. The summed E-state index contributed by atoms with van der Waals surface area (Å²) in [4.78, 5) is 22.1. The van der Waals surface area contributed by atoms with Crippen LogP contribution in [0.2, 0.25) is 0 Å². The number of hydrogen-bond donors (Lipinski definition) is 1. The van der Waals surface area contributed by atoms with E-state index < -0.39 is 0 Å². The van der Waals surface area contributed by atoms with Crippen molar-refractivity contribution in [2.24, 2.45) is 0 Å².